The Labute approximate surface area is 215 Å². The van der Waals surface area contributed by atoms with Gasteiger partial charge in [-0.2, -0.15) is 0 Å². The third-order valence-corrected chi connectivity index (χ3v) is 4.08. The topological polar surface area (TPSA) is 112 Å². The molecule has 0 spiro atoms. The zero-order chi connectivity index (χ0) is 21.5. The number of rotatable bonds is 10. The van der Waals surface area contributed by atoms with Gasteiger partial charge in [0.2, 0.25) is 0 Å². The molecule has 0 saturated heterocycles. The monoisotopic (exact) mass is 530 g/mol. The molecular formula is C17H22N4NaO4S2Tc. The van der Waals surface area contributed by atoms with Gasteiger partial charge in [-0.3, -0.25) is 4.79 Å². The quantitative estimate of drug-likeness (QED) is 0.298. The Bertz CT molecular complexity index is 666. The zero-order valence-electron chi connectivity index (χ0n) is 16.6. The molecule has 0 aromatic heterocycles. The standard InChI is InChI=1S/C17H26N4O3S2.Na.O.Tc/c1-3-21(4-2)8-7-18-17(24)12-5-6-13(19-15(22)10-25)14(9-12)20-16(23)11-26;;;/h5-6,9H,3-4,7-8,10-11H2,1-2H3,(H5,18,19,20,22,23,24,25,26);;;/q;+1;;+3/p-4. The van der Waals surface area contributed by atoms with Crippen molar-refractivity contribution in [2.24, 2.45) is 0 Å². The van der Waals surface area contributed by atoms with E-state index in [0.29, 0.717) is 12.1 Å². The predicted molar refractivity (Wildman–Crippen MR) is 108 cm³/mol. The van der Waals surface area contributed by atoms with Crippen LogP contribution in [0, 0.1) is 0 Å². The van der Waals surface area contributed by atoms with Crippen LogP contribution in [0.1, 0.15) is 24.2 Å². The van der Waals surface area contributed by atoms with Crippen LogP contribution in [-0.2, 0) is 57.2 Å². The van der Waals surface area contributed by atoms with Gasteiger partial charge in [0.15, 0.2) is 0 Å². The summed E-state index contributed by atoms with van der Waals surface area (Å²) in [5.74, 6) is -1.72. The van der Waals surface area contributed by atoms with Crippen LogP contribution in [0.3, 0.4) is 0 Å². The molecule has 1 aromatic carbocycles. The van der Waals surface area contributed by atoms with Crippen molar-refractivity contribution in [1.29, 1.82) is 0 Å². The number of carbonyl (C=O) groups is 3. The summed E-state index contributed by atoms with van der Waals surface area (Å²) in [4.78, 5) is 37.5. The molecule has 1 rings (SSSR count). The second-order valence-electron chi connectivity index (χ2n) is 5.29. The third kappa shape index (κ3) is 12.2. The second-order valence-corrected chi connectivity index (χ2v) is 5.86. The second kappa shape index (κ2) is 18.5. The SMILES string of the molecule is CCN(CC)CCNC(=O)c1ccc([N-]C(=O)C[S-])c([N-]C(=O)C[S-])c1.[Na+].[O]=[Tc+3]. The normalized spacial score (nSPS) is 9.52. The maximum atomic E-state index is 12.3. The van der Waals surface area contributed by atoms with Gasteiger partial charge >= 0.3 is 51.9 Å². The summed E-state index contributed by atoms with van der Waals surface area (Å²) >= 11 is 10.2. The number of nitrogens with one attached hydrogen (secondary N) is 1. The Kier molecular flexibility index (Phi) is 19.7. The number of likely N-dealkylation sites (N-methyl/N-ethyl adjacent to an activating group) is 1. The van der Waals surface area contributed by atoms with Crippen LogP contribution in [0.15, 0.2) is 18.2 Å². The molecular weight excluding hydrogens is 509 g/mol. The van der Waals surface area contributed by atoms with Crippen LogP contribution in [0.4, 0.5) is 11.4 Å². The fraction of sp³-hybridized carbons (Fsp3) is 0.471. The molecule has 0 heterocycles. The van der Waals surface area contributed by atoms with Gasteiger partial charge in [0, 0.05) is 30.5 Å². The predicted octanol–water partition coefficient (Wildman–Crippen LogP) is -1.20. The number of nitrogens with zero attached hydrogens (tertiary/aromatic N) is 3. The van der Waals surface area contributed by atoms with Crippen molar-refractivity contribution in [3.63, 3.8) is 0 Å². The Morgan fingerprint density at radius 3 is 2.00 bits per heavy atom. The van der Waals surface area contributed by atoms with E-state index in [1.807, 2.05) is 0 Å². The van der Waals surface area contributed by atoms with E-state index in [4.69, 9.17) is 3.50 Å². The molecule has 1 N–H and O–H groups in total. The van der Waals surface area contributed by atoms with Gasteiger partial charge in [0.25, 0.3) is 5.91 Å². The van der Waals surface area contributed by atoms with E-state index in [2.05, 4.69) is 60.0 Å². The number of benzene rings is 1. The molecule has 8 nitrogen and oxygen atoms in total. The van der Waals surface area contributed by atoms with E-state index in [0.717, 1.165) is 38.5 Å². The van der Waals surface area contributed by atoms with Crippen LogP contribution < -0.4 is 34.9 Å². The molecule has 0 atom stereocenters. The van der Waals surface area contributed by atoms with Crippen molar-refractivity contribution in [2.45, 2.75) is 13.8 Å². The summed E-state index contributed by atoms with van der Waals surface area (Å²) in [5, 5.41) is 10.5. The van der Waals surface area contributed by atoms with Crippen molar-refractivity contribution in [3.05, 3.63) is 34.4 Å². The first-order chi connectivity index (χ1) is 13.4. The van der Waals surface area contributed by atoms with Crippen molar-refractivity contribution in [3.8, 4) is 0 Å². The average molecular weight is 532 g/mol. The molecule has 12 heteroatoms. The molecule has 29 heavy (non-hydrogen) atoms. The molecule has 0 radical (unpaired) electrons. The number of amides is 3. The zero-order valence-corrected chi connectivity index (χ0v) is 22.1. The molecule has 0 bridgehead atoms. The fourth-order valence-corrected chi connectivity index (χ4v) is 2.28. The van der Waals surface area contributed by atoms with Crippen LogP contribution in [0.25, 0.3) is 10.6 Å². The minimum atomic E-state index is -0.540. The first kappa shape index (κ1) is 30.9. The molecule has 0 aliphatic rings. The Hall–Kier alpha value is -0.261. The number of hydrogen-bond donors (Lipinski definition) is 1. The molecule has 0 aliphatic heterocycles. The summed E-state index contributed by atoms with van der Waals surface area (Å²) < 4.78 is 8.22. The van der Waals surface area contributed by atoms with E-state index in [-0.39, 0.29) is 58.3 Å². The summed E-state index contributed by atoms with van der Waals surface area (Å²) in [5.41, 5.74) is 0.648. The molecule has 1 aromatic rings. The van der Waals surface area contributed by atoms with E-state index in [1.54, 1.807) is 0 Å². The minimum absolute atomic E-state index is 0. The van der Waals surface area contributed by atoms with E-state index < -0.39 is 11.8 Å². The van der Waals surface area contributed by atoms with Gasteiger partial charge in [-0.25, -0.2) is 0 Å². The van der Waals surface area contributed by atoms with E-state index >= 15 is 0 Å². The Balaban J connectivity index is 0. The van der Waals surface area contributed by atoms with Gasteiger partial charge in [-0.15, -0.1) is 22.9 Å². The van der Waals surface area contributed by atoms with Crippen LogP contribution >= 0.6 is 0 Å². The molecule has 154 valence electrons. The first-order valence-electron chi connectivity index (χ1n) is 8.40. The van der Waals surface area contributed by atoms with Gasteiger partial charge in [-0.05, 0) is 13.1 Å². The first-order valence-corrected chi connectivity index (χ1v) is 10.3. The molecule has 0 unspecified atom stereocenters. The van der Waals surface area contributed by atoms with Gasteiger partial charge in [0.05, 0.1) is 0 Å². The van der Waals surface area contributed by atoms with E-state index in [1.165, 1.54) is 18.2 Å². The number of hydrogen-bond acceptors (Lipinski definition) is 7. The Morgan fingerprint density at radius 1 is 1.00 bits per heavy atom. The van der Waals surface area contributed by atoms with Crippen LogP contribution in [0.5, 0.6) is 0 Å². The van der Waals surface area contributed by atoms with Gasteiger partial charge < -0.3 is 55.7 Å². The van der Waals surface area contributed by atoms with Crippen LogP contribution in [0.2, 0.25) is 0 Å². The van der Waals surface area contributed by atoms with Gasteiger partial charge in [-0.1, -0.05) is 32.0 Å². The molecule has 0 saturated carbocycles. The summed E-state index contributed by atoms with van der Waals surface area (Å²) in [6.07, 6.45) is 0. The molecule has 0 aliphatic carbocycles. The molecule has 0 fully saturated rings. The van der Waals surface area contributed by atoms with Crippen molar-refractivity contribution >= 4 is 54.4 Å². The van der Waals surface area contributed by atoms with Crippen LogP contribution in [-0.4, -0.2) is 60.3 Å². The van der Waals surface area contributed by atoms with Crippen molar-refractivity contribution in [1.82, 2.24) is 10.2 Å². The van der Waals surface area contributed by atoms with Gasteiger partial charge in [0.1, 0.15) is 0 Å². The van der Waals surface area contributed by atoms with E-state index in [9.17, 15) is 14.4 Å². The summed E-state index contributed by atoms with van der Waals surface area (Å²) in [7, 11) is 0. The fourth-order valence-electron chi connectivity index (χ4n) is 2.15. The maximum absolute atomic E-state index is 12.3. The summed E-state index contributed by atoms with van der Waals surface area (Å²) in [6.45, 7) is 7.17. The third-order valence-electron chi connectivity index (χ3n) is 3.58. The van der Waals surface area contributed by atoms with Crippen molar-refractivity contribution < 1.29 is 66.3 Å². The summed E-state index contributed by atoms with van der Waals surface area (Å²) in [6, 6.07) is 4.42. The average Bonchev–Trinajstić information content (AvgIpc) is 2.73. The van der Waals surface area contributed by atoms with Crippen molar-refractivity contribution in [2.75, 3.05) is 37.7 Å². The molecule has 3 amide bonds. The Morgan fingerprint density at radius 2 is 1.52 bits per heavy atom. The number of carbonyl (C=O) groups excluding carboxylic acids is 3.